The molecule has 2 rings (SSSR count). The SMILES string of the molecule is COc1ccc(CNC2COC(CNC(C)=O)C2O)cc1. The van der Waals surface area contributed by atoms with E-state index in [1.165, 1.54) is 6.92 Å². The Morgan fingerprint density at radius 1 is 1.43 bits per heavy atom. The average molecular weight is 294 g/mol. The minimum atomic E-state index is -0.630. The summed E-state index contributed by atoms with van der Waals surface area (Å²) in [5.41, 5.74) is 1.10. The highest BCUT2D eigenvalue weighted by Crippen LogP contribution is 2.15. The van der Waals surface area contributed by atoms with Gasteiger partial charge in [-0.15, -0.1) is 0 Å². The van der Waals surface area contributed by atoms with Crippen LogP contribution in [0.5, 0.6) is 5.75 Å². The van der Waals surface area contributed by atoms with Crippen LogP contribution in [0, 0.1) is 0 Å². The molecule has 0 spiro atoms. The number of carbonyl (C=O) groups excluding carboxylic acids is 1. The van der Waals surface area contributed by atoms with Gasteiger partial charge in [-0.25, -0.2) is 0 Å². The average Bonchev–Trinajstić information content (AvgIpc) is 2.84. The van der Waals surface area contributed by atoms with Crippen LogP contribution < -0.4 is 15.4 Å². The zero-order valence-corrected chi connectivity index (χ0v) is 12.3. The quantitative estimate of drug-likeness (QED) is 0.691. The van der Waals surface area contributed by atoms with Gasteiger partial charge in [-0.05, 0) is 17.7 Å². The Hall–Kier alpha value is -1.63. The first-order valence-corrected chi connectivity index (χ1v) is 7.00. The smallest absolute Gasteiger partial charge is 0.216 e. The Kier molecular flexibility index (Phi) is 5.55. The summed E-state index contributed by atoms with van der Waals surface area (Å²) in [6.45, 7) is 2.85. The monoisotopic (exact) mass is 294 g/mol. The van der Waals surface area contributed by atoms with Crippen molar-refractivity contribution >= 4 is 5.91 Å². The van der Waals surface area contributed by atoms with Crippen LogP contribution in [-0.4, -0.2) is 49.5 Å². The minimum absolute atomic E-state index is 0.125. The molecule has 1 aromatic carbocycles. The van der Waals surface area contributed by atoms with E-state index in [9.17, 15) is 9.90 Å². The Morgan fingerprint density at radius 2 is 2.14 bits per heavy atom. The Labute approximate surface area is 124 Å². The fraction of sp³-hybridized carbons (Fsp3) is 0.533. The number of hydrogen-bond donors (Lipinski definition) is 3. The molecular weight excluding hydrogens is 272 g/mol. The fourth-order valence-corrected chi connectivity index (χ4v) is 2.28. The van der Waals surface area contributed by atoms with Crippen molar-refractivity contribution in [1.82, 2.24) is 10.6 Å². The first-order valence-electron chi connectivity index (χ1n) is 7.00. The zero-order valence-electron chi connectivity index (χ0n) is 12.3. The molecule has 1 saturated heterocycles. The standard InChI is InChI=1S/C15H22N2O4/c1-10(18)16-8-14-15(19)13(9-21-14)17-7-11-3-5-12(20-2)6-4-11/h3-6,13-15,17,19H,7-9H2,1-2H3,(H,16,18). The van der Waals surface area contributed by atoms with Gasteiger partial charge in [-0.1, -0.05) is 12.1 Å². The molecule has 0 saturated carbocycles. The molecule has 1 aliphatic heterocycles. The second kappa shape index (κ2) is 7.40. The first kappa shape index (κ1) is 15.8. The molecule has 0 radical (unpaired) electrons. The van der Waals surface area contributed by atoms with E-state index in [1.54, 1.807) is 7.11 Å². The molecule has 0 aromatic heterocycles. The van der Waals surface area contributed by atoms with Crippen molar-refractivity contribution in [2.24, 2.45) is 0 Å². The van der Waals surface area contributed by atoms with Gasteiger partial charge in [-0.3, -0.25) is 4.79 Å². The summed E-state index contributed by atoms with van der Waals surface area (Å²) in [6, 6.07) is 7.62. The number of rotatable bonds is 6. The van der Waals surface area contributed by atoms with E-state index >= 15 is 0 Å². The third-order valence-electron chi connectivity index (χ3n) is 3.56. The van der Waals surface area contributed by atoms with E-state index in [2.05, 4.69) is 10.6 Å². The Morgan fingerprint density at radius 3 is 2.76 bits per heavy atom. The van der Waals surface area contributed by atoms with Gasteiger partial charge in [0.1, 0.15) is 11.9 Å². The van der Waals surface area contributed by atoms with Crippen LogP contribution in [-0.2, 0) is 16.1 Å². The van der Waals surface area contributed by atoms with Crippen LogP contribution >= 0.6 is 0 Å². The van der Waals surface area contributed by atoms with Gasteiger partial charge in [0.05, 0.1) is 25.9 Å². The van der Waals surface area contributed by atoms with Crippen LogP contribution in [0.2, 0.25) is 0 Å². The lowest BCUT2D eigenvalue weighted by molar-refractivity contribution is -0.119. The predicted octanol–water partition coefficient (Wildman–Crippen LogP) is 0.0492. The van der Waals surface area contributed by atoms with E-state index in [-0.39, 0.29) is 18.1 Å². The highest BCUT2D eigenvalue weighted by molar-refractivity contribution is 5.72. The molecular formula is C15H22N2O4. The molecule has 21 heavy (non-hydrogen) atoms. The van der Waals surface area contributed by atoms with Gasteiger partial charge in [0.2, 0.25) is 5.91 Å². The first-order chi connectivity index (χ1) is 10.1. The van der Waals surface area contributed by atoms with Crippen LogP contribution in [0.4, 0.5) is 0 Å². The molecule has 1 aromatic rings. The summed E-state index contributed by atoms with van der Waals surface area (Å²) in [5.74, 6) is 0.693. The van der Waals surface area contributed by atoms with Crippen molar-refractivity contribution in [3.05, 3.63) is 29.8 Å². The topological polar surface area (TPSA) is 79.8 Å². The molecule has 1 heterocycles. The van der Waals surface area contributed by atoms with E-state index in [0.717, 1.165) is 11.3 Å². The molecule has 0 aliphatic carbocycles. The van der Waals surface area contributed by atoms with Gasteiger partial charge in [0.25, 0.3) is 0 Å². The lowest BCUT2D eigenvalue weighted by Crippen LogP contribution is -2.44. The molecule has 116 valence electrons. The van der Waals surface area contributed by atoms with E-state index in [1.807, 2.05) is 24.3 Å². The van der Waals surface area contributed by atoms with Crippen LogP contribution in [0.15, 0.2) is 24.3 Å². The molecule has 6 heteroatoms. The molecule has 6 nitrogen and oxygen atoms in total. The summed E-state index contributed by atoms with van der Waals surface area (Å²) in [4.78, 5) is 10.9. The number of aliphatic hydroxyl groups excluding tert-OH is 1. The number of aliphatic hydroxyl groups is 1. The fourth-order valence-electron chi connectivity index (χ4n) is 2.28. The van der Waals surface area contributed by atoms with Crippen molar-refractivity contribution in [3.8, 4) is 5.75 Å². The van der Waals surface area contributed by atoms with Gasteiger partial charge in [-0.2, -0.15) is 0 Å². The normalized spacial score (nSPS) is 24.8. The number of amides is 1. The molecule has 3 atom stereocenters. The van der Waals surface area contributed by atoms with Gasteiger partial charge in [0, 0.05) is 20.0 Å². The number of nitrogens with one attached hydrogen (secondary N) is 2. The number of hydrogen-bond acceptors (Lipinski definition) is 5. The van der Waals surface area contributed by atoms with Crippen LogP contribution in [0.25, 0.3) is 0 Å². The number of ether oxygens (including phenoxy) is 2. The highest BCUT2D eigenvalue weighted by atomic mass is 16.5. The largest absolute Gasteiger partial charge is 0.497 e. The number of carbonyl (C=O) groups is 1. The van der Waals surface area contributed by atoms with E-state index < -0.39 is 6.10 Å². The highest BCUT2D eigenvalue weighted by Gasteiger charge is 2.35. The summed E-state index contributed by atoms with van der Waals surface area (Å²) in [6.07, 6.45) is -0.989. The van der Waals surface area contributed by atoms with Gasteiger partial charge in [0.15, 0.2) is 0 Å². The molecule has 1 fully saturated rings. The predicted molar refractivity (Wildman–Crippen MR) is 78.1 cm³/mol. The number of benzene rings is 1. The molecule has 0 bridgehead atoms. The summed E-state index contributed by atoms with van der Waals surface area (Å²) in [7, 11) is 1.63. The second-order valence-electron chi connectivity index (χ2n) is 5.13. The lowest BCUT2D eigenvalue weighted by atomic mass is 10.1. The van der Waals surface area contributed by atoms with Gasteiger partial charge < -0.3 is 25.2 Å². The molecule has 1 aliphatic rings. The molecule has 1 amide bonds. The third-order valence-corrected chi connectivity index (χ3v) is 3.56. The van der Waals surface area contributed by atoms with Crippen molar-refractivity contribution in [2.45, 2.75) is 31.7 Å². The minimum Gasteiger partial charge on any atom is -0.497 e. The van der Waals surface area contributed by atoms with Crippen molar-refractivity contribution in [2.75, 3.05) is 20.3 Å². The van der Waals surface area contributed by atoms with Crippen LogP contribution in [0.3, 0.4) is 0 Å². The summed E-state index contributed by atoms with van der Waals surface area (Å²) < 4.78 is 10.6. The van der Waals surface area contributed by atoms with Crippen molar-refractivity contribution in [1.29, 1.82) is 0 Å². The maximum Gasteiger partial charge on any atom is 0.216 e. The summed E-state index contributed by atoms with van der Waals surface area (Å²) in [5, 5.41) is 16.1. The lowest BCUT2D eigenvalue weighted by Gasteiger charge is -2.18. The van der Waals surface area contributed by atoms with Crippen molar-refractivity contribution in [3.63, 3.8) is 0 Å². The van der Waals surface area contributed by atoms with Gasteiger partial charge >= 0.3 is 0 Å². The number of methoxy groups -OCH3 is 1. The van der Waals surface area contributed by atoms with E-state index in [4.69, 9.17) is 9.47 Å². The maximum absolute atomic E-state index is 10.9. The Bertz CT molecular complexity index is 463. The second-order valence-corrected chi connectivity index (χ2v) is 5.13. The third kappa shape index (κ3) is 4.42. The maximum atomic E-state index is 10.9. The zero-order chi connectivity index (χ0) is 15.2. The summed E-state index contributed by atoms with van der Waals surface area (Å²) >= 11 is 0. The van der Waals surface area contributed by atoms with Crippen LogP contribution in [0.1, 0.15) is 12.5 Å². The van der Waals surface area contributed by atoms with Crippen molar-refractivity contribution < 1.29 is 19.4 Å². The molecule has 3 unspecified atom stereocenters. The Balaban J connectivity index is 1.79. The van der Waals surface area contributed by atoms with E-state index in [0.29, 0.717) is 19.7 Å². The molecule has 3 N–H and O–H groups in total.